The molecule has 0 N–H and O–H groups in total. The molecule has 2 heteroatoms. The number of carbonyl (C=O) groups excluding carboxylic acids is 1. The van der Waals surface area contributed by atoms with Crippen LogP contribution in [0.4, 0.5) is 0 Å². The number of hydrogen-bond donors (Lipinski definition) is 0. The molecular formula is C16H26O2. The van der Waals surface area contributed by atoms with E-state index in [2.05, 4.69) is 0 Å². The van der Waals surface area contributed by atoms with Crippen LogP contribution >= 0.6 is 0 Å². The van der Waals surface area contributed by atoms with Crippen LogP contribution in [0.2, 0.25) is 0 Å². The highest BCUT2D eigenvalue weighted by Gasteiger charge is 2.43. The standard InChI is InChI=1S/C16H26O2/c17-16-14(11-13-7-3-4-8-13)15(18-16)10-9-12-5-1-2-6-12/h12-15H,1-11H2/t14-,15?/m0/s1. The largest absolute Gasteiger partial charge is 0.461 e. The Morgan fingerprint density at radius 1 is 0.889 bits per heavy atom. The maximum absolute atomic E-state index is 11.6. The Labute approximate surface area is 110 Å². The van der Waals surface area contributed by atoms with Crippen LogP contribution in [-0.4, -0.2) is 12.1 Å². The van der Waals surface area contributed by atoms with E-state index < -0.39 is 0 Å². The molecule has 2 nitrogen and oxygen atoms in total. The predicted octanol–water partition coefficient (Wildman–Crippen LogP) is 4.08. The van der Waals surface area contributed by atoms with Crippen LogP contribution in [0.1, 0.15) is 70.6 Å². The van der Waals surface area contributed by atoms with E-state index in [-0.39, 0.29) is 18.0 Å². The second-order valence-electron chi connectivity index (χ2n) is 6.70. The van der Waals surface area contributed by atoms with Gasteiger partial charge in [-0.25, -0.2) is 0 Å². The molecule has 0 bridgehead atoms. The summed E-state index contributed by atoms with van der Waals surface area (Å²) in [5.41, 5.74) is 0. The molecule has 1 unspecified atom stereocenters. The fraction of sp³-hybridized carbons (Fsp3) is 0.938. The monoisotopic (exact) mass is 250 g/mol. The third-order valence-electron chi connectivity index (χ3n) is 5.42. The van der Waals surface area contributed by atoms with E-state index in [9.17, 15) is 4.79 Å². The number of rotatable bonds is 5. The van der Waals surface area contributed by atoms with Gasteiger partial charge in [-0.1, -0.05) is 51.4 Å². The van der Waals surface area contributed by atoms with E-state index in [0.29, 0.717) is 0 Å². The highest BCUT2D eigenvalue weighted by Crippen LogP contribution is 2.39. The van der Waals surface area contributed by atoms with Crippen molar-refractivity contribution in [2.24, 2.45) is 17.8 Å². The molecule has 18 heavy (non-hydrogen) atoms. The third kappa shape index (κ3) is 2.73. The number of carbonyl (C=O) groups is 1. The first-order valence-corrected chi connectivity index (χ1v) is 8.03. The van der Waals surface area contributed by atoms with Crippen LogP contribution < -0.4 is 0 Å². The van der Waals surface area contributed by atoms with E-state index in [4.69, 9.17) is 4.74 Å². The van der Waals surface area contributed by atoms with Gasteiger partial charge in [-0.15, -0.1) is 0 Å². The van der Waals surface area contributed by atoms with Crippen molar-refractivity contribution in [1.29, 1.82) is 0 Å². The predicted molar refractivity (Wildman–Crippen MR) is 71.1 cm³/mol. The fourth-order valence-electron chi connectivity index (χ4n) is 4.21. The summed E-state index contributed by atoms with van der Waals surface area (Å²) in [4.78, 5) is 11.6. The quantitative estimate of drug-likeness (QED) is 0.687. The van der Waals surface area contributed by atoms with Crippen LogP contribution in [0, 0.1) is 17.8 Å². The fourth-order valence-corrected chi connectivity index (χ4v) is 4.21. The number of ether oxygens (including phenoxy) is 1. The van der Waals surface area contributed by atoms with Gasteiger partial charge in [0.15, 0.2) is 0 Å². The van der Waals surface area contributed by atoms with E-state index >= 15 is 0 Å². The van der Waals surface area contributed by atoms with Crippen LogP contribution in [0.5, 0.6) is 0 Å². The Kier molecular flexibility index (Phi) is 3.91. The Morgan fingerprint density at radius 3 is 2.11 bits per heavy atom. The van der Waals surface area contributed by atoms with Gasteiger partial charge in [-0.2, -0.15) is 0 Å². The molecule has 1 aliphatic heterocycles. The van der Waals surface area contributed by atoms with Crippen molar-refractivity contribution in [1.82, 2.24) is 0 Å². The lowest BCUT2D eigenvalue weighted by Crippen LogP contribution is -2.46. The molecule has 2 saturated carbocycles. The first kappa shape index (κ1) is 12.5. The minimum Gasteiger partial charge on any atom is -0.461 e. The van der Waals surface area contributed by atoms with Crippen LogP contribution in [0.3, 0.4) is 0 Å². The van der Waals surface area contributed by atoms with Gasteiger partial charge >= 0.3 is 5.97 Å². The number of hydrogen-bond acceptors (Lipinski definition) is 2. The maximum Gasteiger partial charge on any atom is 0.313 e. The molecular weight excluding hydrogens is 224 g/mol. The van der Waals surface area contributed by atoms with Crippen molar-refractivity contribution < 1.29 is 9.53 Å². The van der Waals surface area contributed by atoms with Crippen LogP contribution in [-0.2, 0) is 9.53 Å². The lowest BCUT2D eigenvalue weighted by molar-refractivity contribution is -0.187. The molecule has 0 aromatic rings. The summed E-state index contributed by atoms with van der Waals surface area (Å²) >= 11 is 0. The van der Waals surface area contributed by atoms with E-state index in [1.54, 1.807) is 0 Å². The zero-order valence-corrected chi connectivity index (χ0v) is 11.4. The van der Waals surface area contributed by atoms with E-state index in [1.807, 2.05) is 0 Å². The average molecular weight is 250 g/mol. The molecule has 0 aromatic carbocycles. The highest BCUT2D eigenvalue weighted by atomic mass is 16.6. The minimum absolute atomic E-state index is 0.0957. The Bertz CT molecular complexity index is 287. The van der Waals surface area contributed by atoms with Crippen molar-refractivity contribution in [3.05, 3.63) is 0 Å². The summed E-state index contributed by atoms with van der Waals surface area (Å²) in [5, 5.41) is 0. The molecule has 0 amide bonds. The van der Waals surface area contributed by atoms with E-state index in [1.165, 1.54) is 57.8 Å². The SMILES string of the molecule is O=C1OC(CCC2CCCC2)[C@@H]1CC1CCCC1. The van der Waals surface area contributed by atoms with Crippen molar-refractivity contribution in [2.75, 3.05) is 0 Å². The van der Waals surface area contributed by atoms with Gasteiger partial charge in [0.05, 0.1) is 5.92 Å². The highest BCUT2D eigenvalue weighted by molar-refractivity contribution is 5.78. The minimum atomic E-state index is 0.0957. The van der Waals surface area contributed by atoms with Crippen molar-refractivity contribution in [3.8, 4) is 0 Å². The lowest BCUT2D eigenvalue weighted by atomic mass is 9.83. The smallest absolute Gasteiger partial charge is 0.313 e. The van der Waals surface area contributed by atoms with Crippen molar-refractivity contribution in [3.63, 3.8) is 0 Å². The van der Waals surface area contributed by atoms with Crippen LogP contribution in [0.15, 0.2) is 0 Å². The molecule has 102 valence electrons. The Balaban J connectivity index is 1.42. The molecule has 0 radical (unpaired) electrons. The molecule has 2 atom stereocenters. The molecule has 2 aliphatic carbocycles. The van der Waals surface area contributed by atoms with Crippen molar-refractivity contribution in [2.45, 2.75) is 76.7 Å². The molecule has 3 fully saturated rings. The zero-order valence-electron chi connectivity index (χ0n) is 11.4. The summed E-state index contributed by atoms with van der Waals surface area (Å²) in [7, 11) is 0. The zero-order chi connectivity index (χ0) is 12.4. The Hall–Kier alpha value is -0.530. The van der Waals surface area contributed by atoms with Crippen molar-refractivity contribution >= 4 is 5.97 Å². The summed E-state index contributed by atoms with van der Waals surface area (Å²) in [5.74, 6) is 2.10. The topological polar surface area (TPSA) is 26.3 Å². The second kappa shape index (κ2) is 5.63. The third-order valence-corrected chi connectivity index (χ3v) is 5.42. The molecule has 3 aliphatic rings. The molecule has 1 heterocycles. The normalized spacial score (nSPS) is 33.7. The maximum atomic E-state index is 11.6. The summed E-state index contributed by atoms with van der Waals surface area (Å²) in [6.07, 6.45) is 14.9. The van der Waals surface area contributed by atoms with Gasteiger partial charge < -0.3 is 4.74 Å². The van der Waals surface area contributed by atoms with Gasteiger partial charge in [-0.05, 0) is 31.1 Å². The molecule has 0 aromatic heterocycles. The summed E-state index contributed by atoms with van der Waals surface area (Å²) < 4.78 is 5.38. The Morgan fingerprint density at radius 2 is 1.50 bits per heavy atom. The summed E-state index contributed by atoms with van der Waals surface area (Å²) in [6.45, 7) is 0. The molecule has 3 rings (SSSR count). The van der Waals surface area contributed by atoms with Gasteiger partial charge in [-0.3, -0.25) is 4.79 Å². The first-order chi connectivity index (χ1) is 8.83. The van der Waals surface area contributed by atoms with E-state index in [0.717, 1.165) is 24.7 Å². The van der Waals surface area contributed by atoms with Gasteiger partial charge in [0.1, 0.15) is 6.10 Å². The van der Waals surface area contributed by atoms with Crippen LogP contribution in [0.25, 0.3) is 0 Å². The van der Waals surface area contributed by atoms with Gasteiger partial charge in [0, 0.05) is 0 Å². The first-order valence-electron chi connectivity index (χ1n) is 8.03. The molecule has 0 spiro atoms. The lowest BCUT2D eigenvalue weighted by Gasteiger charge is -2.37. The average Bonchev–Trinajstić information content (AvgIpc) is 3.04. The number of cyclic esters (lactones) is 1. The second-order valence-corrected chi connectivity index (χ2v) is 6.70. The number of esters is 1. The summed E-state index contributed by atoms with van der Waals surface area (Å²) in [6, 6.07) is 0. The van der Waals surface area contributed by atoms with Gasteiger partial charge in [0.25, 0.3) is 0 Å². The van der Waals surface area contributed by atoms with Gasteiger partial charge in [0.2, 0.25) is 0 Å². The molecule has 1 saturated heterocycles.